The van der Waals surface area contributed by atoms with E-state index in [2.05, 4.69) is 10.2 Å². The van der Waals surface area contributed by atoms with E-state index in [9.17, 15) is 18.0 Å². The molecule has 1 aromatic heterocycles. The third-order valence-electron chi connectivity index (χ3n) is 2.56. The van der Waals surface area contributed by atoms with Crippen LogP contribution in [0.15, 0.2) is 29.8 Å². The molecular weight excluding hydrogens is 291 g/mol. The standard InChI is InChI=1S/C12H10F3N3OS/c1-18(11(19)10-17-16-7-20-10)6-8-3-2-4-9(5-8)12(13,14)15/h2-5,7H,6H2,1H3. The average Bonchev–Trinajstić information content (AvgIpc) is 2.91. The van der Waals surface area contributed by atoms with E-state index in [1.54, 1.807) is 6.07 Å². The van der Waals surface area contributed by atoms with Gasteiger partial charge in [0.1, 0.15) is 5.51 Å². The predicted octanol–water partition coefficient (Wildman–Crippen LogP) is 2.83. The number of aromatic nitrogens is 2. The number of hydrogen-bond acceptors (Lipinski definition) is 4. The van der Waals surface area contributed by atoms with Crippen LogP contribution in [0.1, 0.15) is 20.9 Å². The van der Waals surface area contributed by atoms with Gasteiger partial charge in [-0.2, -0.15) is 13.2 Å². The predicted molar refractivity (Wildman–Crippen MR) is 67.2 cm³/mol. The molecule has 0 aliphatic carbocycles. The molecule has 0 N–H and O–H groups in total. The van der Waals surface area contributed by atoms with Gasteiger partial charge in [-0.1, -0.05) is 23.5 Å². The first-order valence-electron chi connectivity index (χ1n) is 5.55. The van der Waals surface area contributed by atoms with Crippen molar-refractivity contribution in [2.45, 2.75) is 12.7 Å². The van der Waals surface area contributed by atoms with Crippen LogP contribution >= 0.6 is 11.3 Å². The fourth-order valence-electron chi connectivity index (χ4n) is 1.62. The molecule has 0 spiro atoms. The summed E-state index contributed by atoms with van der Waals surface area (Å²) in [5.41, 5.74) is 1.10. The Bertz CT molecular complexity index is 598. The van der Waals surface area contributed by atoms with Gasteiger partial charge in [-0.05, 0) is 17.7 Å². The summed E-state index contributed by atoms with van der Waals surface area (Å²) in [4.78, 5) is 13.2. The fourth-order valence-corrected chi connectivity index (χ4v) is 2.17. The smallest absolute Gasteiger partial charge is 0.335 e. The number of carbonyl (C=O) groups excluding carboxylic acids is 1. The Morgan fingerprint density at radius 2 is 2.15 bits per heavy atom. The largest absolute Gasteiger partial charge is 0.416 e. The van der Waals surface area contributed by atoms with Crippen LogP contribution in [0.25, 0.3) is 0 Å². The second-order valence-corrected chi connectivity index (χ2v) is 4.94. The number of carbonyl (C=O) groups is 1. The lowest BCUT2D eigenvalue weighted by molar-refractivity contribution is -0.137. The fraction of sp³-hybridized carbons (Fsp3) is 0.250. The van der Waals surface area contributed by atoms with Crippen LogP contribution in [-0.2, 0) is 12.7 Å². The third-order valence-corrected chi connectivity index (χ3v) is 3.24. The molecule has 20 heavy (non-hydrogen) atoms. The molecule has 0 aliphatic rings. The monoisotopic (exact) mass is 301 g/mol. The summed E-state index contributed by atoms with van der Waals surface area (Å²) in [6, 6.07) is 4.89. The highest BCUT2D eigenvalue weighted by Crippen LogP contribution is 2.29. The topological polar surface area (TPSA) is 46.1 Å². The molecule has 0 fully saturated rings. The second-order valence-electron chi connectivity index (χ2n) is 4.10. The van der Waals surface area contributed by atoms with Crippen molar-refractivity contribution in [3.63, 3.8) is 0 Å². The normalized spacial score (nSPS) is 11.4. The van der Waals surface area contributed by atoms with E-state index in [1.807, 2.05) is 0 Å². The van der Waals surface area contributed by atoms with Crippen molar-refractivity contribution in [3.05, 3.63) is 45.9 Å². The summed E-state index contributed by atoms with van der Waals surface area (Å²) >= 11 is 1.08. The van der Waals surface area contributed by atoms with E-state index in [-0.39, 0.29) is 17.5 Å². The summed E-state index contributed by atoms with van der Waals surface area (Å²) in [5.74, 6) is -0.370. The zero-order valence-corrected chi connectivity index (χ0v) is 11.2. The molecule has 0 saturated carbocycles. The third kappa shape index (κ3) is 3.32. The van der Waals surface area contributed by atoms with Crippen molar-refractivity contribution < 1.29 is 18.0 Å². The number of hydrogen-bond donors (Lipinski definition) is 0. The van der Waals surface area contributed by atoms with Gasteiger partial charge in [-0.25, -0.2) is 0 Å². The Kier molecular flexibility index (Phi) is 4.03. The minimum absolute atomic E-state index is 0.0718. The van der Waals surface area contributed by atoms with Gasteiger partial charge in [0.25, 0.3) is 5.91 Å². The SMILES string of the molecule is CN(Cc1cccc(C(F)(F)F)c1)C(=O)c1nncs1. The molecule has 2 rings (SSSR count). The van der Waals surface area contributed by atoms with Gasteiger partial charge in [0.2, 0.25) is 5.01 Å². The molecule has 1 amide bonds. The number of rotatable bonds is 3. The maximum absolute atomic E-state index is 12.6. The molecular formula is C12H10F3N3OS. The second kappa shape index (κ2) is 5.58. The molecule has 1 aromatic carbocycles. The average molecular weight is 301 g/mol. The molecule has 0 atom stereocenters. The summed E-state index contributed by atoms with van der Waals surface area (Å²) in [5, 5.41) is 7.39. The molecule has 0 unspecified atom stereocenters. The van der Waals surface area contributed by atoms with Crippen molar-refractivity contribution >= 4 is 17.2 Å². The molecule has 0 radical (unpaired) electrons. The van der Waals surface area contributed by atoms with E-state index >= 15 is 0 Å². The molecule has 4 nitrogen and oxygen atoms in total. The highest BCUT2D eigenvalue weighted by molar-refractivity contribution is 7.11. The quantitative estimate of drug-likeness (QED) is 0.875. The number of nitrogens with zero attached hydrogens (tertiary/aromatic N) is 3. The number of amides is 1. The minimum atomic E-state index is -4.39. The van der Waals surface area contributed by atoms with Gasteiger partial charge in [0.15, 0.2) is 0 Å². The molecule has 8 heteroatoms. The molecule has 0 saturated heterocycles. The molecule has 1 heterocycles. The Hall–Kier alpha value is -1.96. The Labute approximate surface area is 116 Å². The van der Waals surface area contributed by atoms with Crippen LogP contribution in [0.3, 0.4) is 0 Å². The number of halogens is 3. The van der Waals surface area contributed by atoms with E-state index in [1.165, 1.54) is 23.5 Å². The van der Waals surface area contributed by atoms with Crippen molar-refractivity contribution in [2.24, 2.45) is 0 Å². The van der Waals surface area contributed by atoms with E-state index in [0.29, 0.717) is 5.56 Å². The van der Waals surface area contributed by atoms with Crippen LogP contribution in [0.2, 0.25) is 0 Å². The minimum Gasteiger partial charge on any atom is -0.335 e. The van der Waals surface area contributed by atoms with E-state index in [4.69, 9.17) is 0 Å². The number of benzene rings is 1. The Balaban J connectivity index is 2.12. The highest BCUT2D eigenvalue weighted by Gasteiger charge is 2.30. The van der Waals surface area contributed by atoms with Gasteiger partial charge < -0.3 is 4.90 Å². The Morgan fingerprint density at radius 3 is 2.75 bits per heavy atom. The van der Waals surface area contributed by atoms with Crippen molar-refractivity contribution in [1.82, 2.24) is 15.1 Å². The molecule has 2 aromatic rings. The lowest BCUT2D eigenvalue weighted by atomic mass is 10.1. The van der Waals surface area contributed by atoms with E-state index in [0.717, 1.165) is 23.5 Å². The number of alkyl halides is 3. The zero-order chi connectivity index (χ0) is 14.8. The first-order chi connectivity index (χ1) is 9.38. The Morgan fingerprint density at radius 1 is 1.40 bits per heavy atom. The maximum Gasteiger partial charge on any atom is 0.416 e. The van der Waals surface area contributed by atoms with Crippen molar-refractivity contribution in [3.8, 4) is 0 Å². The van der Waals surface area contributed by atoms with Gasteiger partial charge >= 0.3 is 6.18 Å². The van der Waals surface area contributed by atoms with Crippen molar-refractivity contribution in [1.29, 1.82) is 0 Å². The first-order valence-corrected chi connectivity index (χ1v) is 6.43. The van der Waals surface area contributed by atoms with Crippen LogP contribution < -0.4 is 0 Å². The maximum atomic E-state index is 12.6. The van der Waals surface area contributed by atoms with Gasteiger partial charge in [-0.3, -0.25) is 4.79 Å². The lowest BCUT2D eigenvalue weighted by Gasteiger charge is -2.16. The lowest BCUT2D eigenvalue weighted by Crippen LogP contribution is -2.26. The van der Waals surface area contributed by atoms with Gasteiger partial charge in [0, 0.05) is 13.6 Å². The van der Waals surface area contributed by atoms with Crippen LogP contribution in [0, 0.1) is 0 Å². The van der Waals surface area contributed by atoms with Crippen LogP contribution in [0.4, 0.5) is 13.2 Å². The van der Waals surface area contributed by atoms with E-state index < -0.39 is 11.7 Å². The molecule has 0 aliphatic heterocycles. The molecule has 0 bridgehead atoms. The van der Waals surface area contributed by atoms with Gasteiger partial charge in [-0.15, -0.1) is 10.2 Å². The van der Waals surface area contributed by atoms with Gasteiger partial charge in [0.05, 0.1) is 5.56 Å². The highest BCUT2D eigenvalue weighted by atomic mass is 32.1. The summed E-state index contributed by atoms with van der Waals surface area (Å²) < 4.78 is 37.8. The summed E-state index contributed by atoms with van der Waals surface area (Å²) in [7, 11) is 1.50. The van der Waals surface area contributed by atoms with Crippen LogP contribution in [-0.4, -0.2) is 28.1 Å². The summed E-state index contributed by atoms with van der Waals surface area (Å²) in [6.45, 7) is 0.0718. The zero-order valence-electron chi connectivity index (χ0n) is 10.4. The first kappa shape index (κ1) is 14.4. The molecule has 106 valence electrons. The van der Waals surface area contributed by atoms with Crippen molar-refractivity contribution in [2.75, 3.05) is 7.05 Å². The van der Waals surface area contributed by atoms with Crippen LogP contribution in [0.5, 0.6) is 0 Å². The summed E-state index contributed by atoms with van der Waals surface area (Å²) in [6.07, 6.45) is -4.39.